The van der Waals surface area contributed by atoms with Crippen LogP contribution in [0.4, 0.5) is 0 Å². The van der Waals surface area contributed by atoms with Crippen LogP contribution >= 0.6 is 0 Å². The van der Waals surface area contributed by atoms with E-state index in [9.17, 15) is 19.2 Å². The molecule has 0 bridgehead atoms. The molecular weight excluding hydrogens is 254 g/mol. The summed E-state index contributed by atoms with van der Waals surface area (Å²) < 4.78 is 0. The number of carbonyl (C=O) groups is 4. The van der Waals surface area contributed by atoms with Gasteiger partial charge in [0, 0.05) is 12.8 Å². The number of ketones is 1. The van der Waals surface area contributed by atoms with Crippen LogP contribution in [0.3, 0.4) is 0 Å². The zero-order valence-electron chi connectivity index (χ0n) is 10.8. The highest BCUT2D eigenvalue weighted by Crippen LogP contribution is 2.06. The fourth-order valence-electron chi connectivity index (χ4n) is 1.49. The molecule has 0 aliphatic carbocycles. The lowest BCUT2D eigenvalue weighted by Crippen LogP contribution is -2.41. The Balaban J connectivity index is 4.06. The summed E-state index contributed by atoms with van der Waals surface area (Å²) >= 11 is 0. The zero-order valence-corrected chi connectivity index (χ0v) is 10.8. The van der Waals surface area contributed by atoms with Crippen LogP contribution in [0.15, 0.2) is 0 Å². The minimum atomic E-state index is -1.31. The number of amides is 1. The van der Waals surface area contributed by atoms with Gasteiger partial charge in [0.25, 0.3) is 0 Å². The number of carboxylic acids is 2. The number of hydrogen-bond acceptors (Lipinski definition) is 4. The molecule has 0 saturated carbocycles. The second-order valence-corrected chi connectivity index (χ2v) is 4.17. The van der Waals surface area contributed by atoms with Gasteiger partial charge in [0.15, 0.2) is 0 Å². The monoisotopic (exact) mass is 273 g/mol. The van der Waals surface area contributed by atoms with E-state index in [1.165, 1.54) is 0 Å². The first kappa shape index (κ1) is 17.1. The van der Waals surface area contributed by atoms with E-state index >= 15 is 0 Å². The van der Waals surface area contributed by atoms with Crippen molar-refractivity contribution in [1.29, 1.82) is 0 Å². The van der Waals surface area contributed by atoms with Crippen molar-refractivity contribution >= 4 is 23.6 Å². The van der Waals surface area contributed by atoms with Gasteiger partial charge in [-0.25, -0.2) is 4.79 Å². The van der Waals surface area contributed by atoms with E-state index < -0.39 is 30.3 Å². The third-order valence-corrected chi connectivity index (χ3v) is 2.54. The van der Waals surface area contributed by atoms with E-state index in [2.05, 4.69) is 5.32 Å². The molecule has 0 aliphatic rings. The van der Waals surface area contributed by atoms with Crippen LogP contribution in [0.2, 0.25) is 0 Å². The van der Waals surface area contributed by atoms with Crippen LogP contribution in [0, 0.1) is 0 Å². The average Bonchev–Trinajstić information content (AvgIpc) is 2.31. The lowest BCUT2D eigenvalue weighted by molar-refractivity contribution is -0.145. The summed E-state index contributed by atoms with van der Waals surface area (Å²) in [4.78, 5) is 43.3. The quantitative estimate of drug-likeness (QED) is 0.395. The van der Waals surface area contributed by atoms with Crippen LogP contribution in [0.1, 0.15) is 45.4 Å². The summed E-state index contributed by atoms with van der Waals surface area (Å²) in [6, 6.07) is -1.11. The number of unbranched alkanes of at least 4 members (excludes halogenated alkanes) is 1. The van der Waals surface area contributed by atoms with Gasteiger partial charge in [-0.2, -0.15) is 0 Å². The van der Waals surface area contributed by atoms with Crippen LogP contribution in [-0.2, 0) is 19.2 Å². The lowest BCUT2D eigenvalue weighted by Gasteiger charge is -2.13. The molecule has 0 aromatic heterocycles. The van der Waals surface area contributed by atoms with Crippen LogP contribution < -0.4 is 5.32 Å². The van der Waals surface area contributed by atoms with Crippen molar-refractivity contribution in [2.24, 2.45) is 0 Å². The maximum absolute atomic E-state index is 11.1. The minimum absolute atomic E-state index is 0.113. The molecule has 1 atom stereocenters. The molecule has 0 heterocycles. The van der Waals surface area contributed by atoms with Gasteiger partial charge in [-0.15, -0.1) is 0 Å². The maximum atomic E-state index is 11.1. The highest BCUT2D eigenvalue weighted by atomic mass is 16.4. The van der Waals surface area contributed by atoms with Gasteiger partial charge in [-0.1, -0.05) is 13.3 Å². The third-order valence-electron chi connectivity index (χ3n) is 2.54. The summed E-state index contributed by atoms with van der Waals surface area (Å²) in [7, 11) is 0. The standard InChI is InChI=1S/C12H19NO6/c1-2-8(14)5-3-4-6-9(12(18)19)13-10(15)7-11(16)17/h9H,2-7H2,1H3,(H,13,15)(H,16,17)(H,18,19). The summed E-state index contributed by atoms with van der Waals surface area (Å²) in [6.45, 7) is 1.76. The van der Waals surface area contributed by atoms with E-state index in [-0.39, 0.29) is 12.2 Å². The molecule has 0 aliphatic heterocycles. The van der Waals surface area contributed by atoms with Crippen molar-refractivity contribution in [3.63, 3.8) is 0 Å². The molecule has 0 rings (SSSR count). The van der Waals surface area contributed by atoms with Crippen LogP contribution in [0.5, 0.6) is 0 Å². The SMILES string of the molecule is CCC(=O)CCCCC(NC(=O)CC(=O)O)C(=O)O. The lowest BCUT2D eigenvalue weighted by atomic mass is 10.1. The Morgan fingerprint density at radius 1 is 1.11 bits per heavy atom. The molecule has 0 spiro atoms. The normalized spacial score (nSPS) is 11.6. The van der Waals surface area contributed by atoms with Crippen molar-refractivity contribution in [2.75, 3.05) is 0 Å². The van der Waals surface area contributed by atoms with Crippen molar-refractivity contribution in [3.8, 4) is 0 Å². The number of rotatable bonds is 10. The molecule has 0 radical (unpaired) electrons. The Hall–Kier alpha value is -1.92. The molecule has 7 nitrogen and oxygen atoms in total. The highest BCUT2D eigenvalue weighted by Gasteiger charge is 2.20. The Morgan fingerprint density at radius 2 is 1.74 bits per heavy atom. The van der Waals surface area contributed by atoms with Crippen molar-refractivity contribution in [2.45, 2.75) is 51.5 Å². The van der Waals surface area contributed by atoms with Gasteiger partial charge in [-0.3, -0.25) is 14.4 Å². The Bertz CT molecular complexity index is 352. The molecule has 0 aromatic carbocycles. The van der Waals surface area contributed by atoms with E-state index in [1.54, 1.807) is 6.92 Å². The molecule has 0 saturated heterocycles. The number of carbonyl (C=O) groups excluding carboxylic acids is 2. The van der Waals surface area contributed by atoms with E-state index in [4.69, 9.17) is 10.2 Å². The highest BCUT2D eigenvalue weighted by molar-refractivity contribution is 5.95. The van der Waals surface area contributed by atoms with Crippen molar-refractivity contribution in [3.05, 3.63) is 0 Å². The number of nitrogens with one attached hydrogen (secondary N) is 1. The van der Waals surface area contributed by atoms with Crippen molar-refractivity contribution < 1.29 is 29.4 Å². The molecular formula is C12H19NO6. The van der Waals surface area contributed by atoms with Crippen LogP contribution in [0.25, 0.3) is 0 Å². The van der Waals surface area contributed by atoms with Gasteiger partial charge < -0.3 is 15.5 Å². The molecule has 108 valence electrons. The van der Waals surface area contributed by atoms with E-state index in [1.807, 2.05) is 0 Å². The largest absolute Gasteiger partial charge is 0.481 e. The average molecular weight is 273 g/mol. The smallest absolute Gasteiger partial charge is 0.326 e. The van der Waals surface area contributed by atoms with Gasteiger partial charge in [0.1, 0.15) is 18.2 Å². The fraction of sp³-hybridized carbons (Fsp3) is 0.667. The minimum Gasteiger partial charge on any atom is -0.481 e. The summed E-state index contributed by atoms with van der Waals surface area (Å²) in [5.41, 5.74) is 0. The third kappa shape index (κ3) is 8.76. The molecule has 19 heavy (non-hydrogen) atoms. The maximum Gasteiger partial charge on any atom is 0.326 e. The summed E-state index contributed by atoms with van der Waals surface area (Å²) in [6.07, 6.45) is 1.32. The fourth-order valence-corrected chi connectivity index (χ4v) is 1.49. The molecule has 0 aromatic rings. The summed E-state index contributed by atoms with van der Waals surface area (Å²) in [5.74, 6) is -3.23. The van der Waals surface area contributed by atoms with Gasteiger partial charge in [0.2, 0.25) is 5.91 Å². The molecule has 3 N–H and O–H groups in total. The Morgan fingerprint density at radius 3 is 2.21 bits per heavy atom. The number of aliphatic carboxylic acids is 2. The van der Waals surface area contributed by atoms with Gasteiger partial charge >= 0.3 is 11.9 Å². The van der Waals surface area contributed by atoms with E-state index in [0.29, 0.717) is 25.7 Å². The number of hydrogen-bond donors (Lipinski definition) is 3. The second-order valence-electron chi connectivity index (χ2n) is 4.17. The van der Waals surface area contributed by atoms with Crippen molar-refractivity contribution in [1.82, 2.24) is 5.32 Å². The number of Topliss-reactive ketones (excluding diaryl/α,β-unsaturated/α-hetero) is 1. The Labute approximate surface area is 111 Å². The number of carboxylic acid groups (broad SMARTS) is 2. The molecule has 1 amide bonds. The predicted octanol–water partition coefficient (Wildman–Crippen LogP) is 0.570. The zero-order chi connectivity index (χ0) is 14.8. The molecule has 7 heteroatoms. The van der Waals surface area contributed by atoms with Crippen LogP contribution in [-0.4, -0.2) is 39.9 Å². The topological polar surface area (TPSA) is 121 Å². The molecule has 0 fully saturated rings. The predicted molar refractivity (Wildman–Crippen MR) is 65.6 cm³/mol. The Kier molecular flexibility index (Phi) is 8.15. The van der Waals surface area contributed by atoms with Gasteiger partial charge in [-0.05, 0) is 12.8 Å². The van der Waals surface area contributed by atoms with Gasteiger partial charge in [0.05, 0.1) is 0 Å². The first-order chi connectivity index (χ1) is 8.86. The summed E-state index contributed by atoms with van der Waals surface area (Å²) in [5, 5.41) is 19.4. The first-order valence-electron chi connectivity index (χ1n) is 6.12. The second kappa shape index (κ2) is 9.07. The van der Waals surface area contributed by atoms with E-state index in [0.717, 1.165) is 0 Å². The first-order valence-corrected chi connectivity index (χ1v) is 6.12. The molecule has 1 unspecified atom stereocenters.